The predicted octanol–water partition coefficient (Wildman–Crippen LogP) is 1.78. The van der Waals surface area contributed by atoms with Gasteiger partial charge in [-0.1, -0.05) is 12.1 Å². The number of nitrogens with one attached hydrogen (secondary N) is 1. The molecule has 9 heteroatoms. The van der Waals surface area contributed by atoms with E-state index in [9.17, 15) is 19.5 Å². The summed E-state index contributed by atoms with van der Waals surface area (Å²) in [4.78, 5) is 41.6. The molecule has 3 heterocycles. The minimum absolute atomic E-state index is 0.0173. The molecule has 1 aromatic carbocycles. The van der Waals surface area contributed by atoms with Crippen molar-refractivity contribution in [1.29, 1.82) is 0 Å². The number of benzene rings is 1. The number of fused-ring (bicyclic) bond motifs is 3. The number of para-hydroxylation sites is 2. The average Bonchev–Trinajstić information content (AvgIpc) is 3.16. The molecule has 2 aliphatic rings. The summed E-state index contributed by atoms with van der Waals surface area (Å²) < 4.78 is 2.91. The largest absolute Gasteiger partial charge is 0.390 e. The van der Waals surface area contributed by atoms with Crippen LogP contribution < -0.4 is 11.0 Å². The molecule has 2 amide bonds. The average molecular weight is 458 g/mol. The summed E-state index contributed by atoms with van der Waals surface area (Å²) in [6.45, 7) is 6.20. The quantitative estimate of drug-likeness (QED) is 0.689. The lowest BCUT2D eigenvalue weighted by molar-refractivity contribution is -0.129. The molecule has 33 heavy (non-hydrogen) atoms. The first-order chi connectivity index (χ1) is 15.7. The molecule has 0 saturated carbocycles. The van der Waals surface area contributed by atoms with Crippen molar-refractivity contribution in [3.63, 3.8) is 0 Å². The second kappa shape index (κ2) is 9.30. The first-order valence-electron chi connectivity index (χ1n) is 11.9. The number of carbonyl (C=O) groups excluding carboxylic acids is 2. The Morgan fingerprint density at radius 3 is 2.33 bits per heavy atom. The van der Waals surface area contributed by atoms with Crippen molar-refractivity contribution in [3.8, 4) is 0 Å². The number of aromatic nitrogens is 2. The lowest BCUT2D eigenvalue weighted by Gasteiger charge is -2.40. The van der Waals surface area contributed by atoms with Gasteiger partial charge in [0.05, 0.1) is 17.1 Å². The number of carbonyl (C=O) groups is 2. The van der Waals surface area contributed by atoms with Gasteiger partial charge in [0, 0.05) is 51.2 Å². The Hall–Kier alpha value is -2.65. The zero-order valence-electron chi connectivity index (χ0n) is 19.9. The van der Waals surface area contributed by atoms with Gasteiger partial charge >= 0.3 is 11.7 Å². The normalized spacial score (nSPS) is 23.8. The molecule has 0 radical (unpaired) electrons. The number of likely N-dealkylation sites (N-methyl/N-ethyl adjacent to an activating group) is 1. The van der Waals surface area contributed by atoms with Crippen molar-refractivity contribution < 1.29 is 14.7 Å². The van der Waals surface area contributed by atoms with Crippen LogP contribution in [0.2, 0.25) is 0 Å². The number of aliphatic hydroxyl groups is 1. The molecule has 1 unspecified atom stereocenters. The Labute approximate surface area is 194 Å². The summed E-state index contributed by atoms with van der Waals surface area (Å²) >= 11 is 0. The van der Waals surface area contributed by atoms with Gasteiger partial charge < -0.3 is 15.3 Å². The number of hydrogen-bond acceptors (Lipinski definition) is 5. The van der Waals surface area contributed by atoms with Gasteiger partial charge in [-0.05, 0) is 51.7 Å². The van der Waals surface area contributed by atoms with Crippen LogP contribution in [0.1, 0.15) is 52.5 Å². The van der Waals surface area contributed by atoms with Gasteiger partial charge in [-0.15, -0.1) is 0 Å². The number of piperidine rings is 1. The fourth-order valence-corrected chi connectivity index (χ4v) is 5.54. The number of imidazole rings is 1. The van der Waals surface area contributed by atoms with Crippen molar-refractivity contribution in [3.05, 3.63) is 34.7 Å². The Kier molecular flexibility index (Phi) is 6.63. The molecule has 1 aromatic heterocycles. The standard InChI is InChI=1S/C24H35N5O4/c1-15(2)28-21-7-5-6-8-22(21)29(24(28)33)23(32)25-17-11-18-9-10-19(12-17)27(18)14-20(31)13-26(4)16(3)30/h5-8,15,17-20,31H,9-14H2,1-4H3,(H,25,32)/t17-,18-,19?,20-/m0/s1. The van der Waals surface area contributed by atoms with Crippen molar-refractivity contribution in [2.45, 2.75) is 76.7 Å². The summed E-state index contributed by atoms with van der Waals surface area (Å²) in [5.74, 6) is -0.0625. The molecule has 4 atom stereocenters. The van der Waals surface area contributed by atoms with E-state index in [1.807, 2.05) is 32.0 Å². The van der Waals surface area contributed by atoms with Crippen LogP contribution in [0, 0.1) is 0 Å². The molecule has 2 fully saturated rings. The van der Waals surface area contributed by atoms with E-state index in [-0.39, 0.29) is 41.8 Å². The fraction of sp³-hybridized carbons (Fsp3) is 0.625. The van der Waals surface area contributed by atoms with E-state index in [1.165, 1.54) is 16.4 Å². The molecular formula is C24H35N5O4. The van der Waals surface area contributed by atoms with E-state index >= 15 is 0 Å². The van der Waals surface area contributed by atoms with Gasteiger partial charge in [-0.2, -0.15) is 0 Å². The Morgan fingerprint density at radius 1 is 1.15 bits per heavy atom. The highest BCUT2D eigenvalue weighted by atomic mass is 16.3. The van der Waals surface area contributed by atoms with Gasteiger partial charge in [0.2, 0.25) is 5.91 Å². The molecule has 2 saturated heterocycles. The summed E-state index contributed by atoms with van der Waals surface area (Å²) in [6.07, 6.45) is 3.02. The first-order valence-corrected chi connectivity index (χ1v) is 11.9. The van der Waals surface area contributed by atoms with Gasteiger partial charge in [0.15, 0.2) is 0 Å². The summed E-state index contributed by atoms with van der Waals surface area (Å²) in [5, 5.41) is 13.6. The lowest BCUT2D eigenvalue weighted by atomic mass is 9.97. The van der Waals surface area contributed by atoms with Crippen LogP contribution in [0.3, 0.4) is 0 Å². The van der Waals surface area contributed by atoms with Crippen LogP contribution in [-0.2, 0) is 4.79 Å². The van der Waals surface area contributed by atoms with Crippen molar-refractivity contribution in [2.24, 2.45) is 0 Å². The number of nitrogens with zero attached hydrogens (tertiary/aromatic N) is 4. The smallest absolute Gasteiger partial charge is 0.337 e. The molecule has 9 nitrogen and oxygen atoms in total. The maximum atomic E-state index is 13.2. The third-order valence-electron chi connectivity index (χ3n) is 7.15. The zero-order chi connectivity index (χ0) is 23.9. The minimum Gasteiger partial charge on any atom is -0.390 e. The van der Waals surface area contributed by atoms with Gasteiger partial charge in [-0.3, -0.25) is 14.3 Å². The van der Waals surface area contributed by atoms with E-state index in [0.29, 0.717) is 18.6 Å². The maximum Gasteiger partial charge on any atom is 0.337 e. The number of aliphatic hydroxyl groups excluding tert-OH is 1. The predicted molar refractivity (Wildman–Crippen MR) is 126 cm³/mol. The molecule has 4 rings (SSSR count). The van der Waals surface area contributed by atoms with E-state index in [1.54, 1.807) is 17.7 Å². The van der Waals surface area contributed by atoms with Crippen LogP contribution in [0.15, 0.2) is 29.1 Å². The minimum atomic E-state index is -0.603. The van der Waals surface area contributed by atoms with E-state index in [4.69, 9.17) is 0 Å². The molecule has 0 aliphatic carbocycles. The molecular weight excluding hydrogens is 422 g/mol. The molecule has 2 aromatic rings. The van der Waals surface area contributed by atoms with Gasteiger partial charge in [-0.25, -0.2) is 14.2 Å². The SMILES string of the molecule is CC(=O)N(C)C[C@H](O)CN1C2CC[C@H]1C[C@H](NC(=O)n1c(=O)n(C(C)C)c3ccccc31)C2. The van der Waals surface area contributed by atoms with Crippen LogP contribution in [0.25, 0.3) is 11.0 Å². The highest BCUT2D eigenvalue weighted by molar-refractivity contribution is 5.89. The zero-order valence-corrected chi connectivity index (χ0v) is 19.9. The summed E-state index contributed by atoms with van der Waals surface area (Å²) in [5.41, 5.74) is 1.06. The topological polar surface area (TPSA) is 99.8 Å². The molecule has 2 N–H and O–H groups in total. The Balaban J connectivity index is 1.44. The highest BCUT2D eigenvalue weighted by Gasteiger charge is 2.42. The summed E-state index contributed by atoms with van der Waals surface area (Å²) in [6, 6.07) is 7.49. The Morgan fingerprint density at radius 2 is 1.76 bits per heavy atom. The molecule has 2 bridgehead atoms. The van der Waals surface area contributed by atoms with Crippen molar-refractivity contribution >= 4 is 23.0 Å². The van der Waals surface area contributed by atoms with Crippen LogP contribution >= 0.6 is 0 Å². The second-order valence-corrected chi connectivity index (χ2v) is 9.82. The van der Waals surface area contributed by atoms with E-state index < -0.39 is 6.10 Å². The van der Waals surface area contributed by atoms with Gasteiger partial charge in [0.1, 0.15) is 0 Å². The number of amides is 2. The first kappa shape index (κ1) is 23.5. The molecule has 180 valence electrons. The number of hydrogen-bond donors (Lipinski definition) is 2. The summed E-state index contributed by atoms with van der Waals surface area (Å²) in [7, 11) is 1.69. The van der Waals surface area contributed by atoms with Crippen LogP contribution in [0.5, 0.6) is 0 Å². The third kappa shape index (κ3) is 4.56. The van der Waals surface area contributed by atoms with E-state index in [2.05, 4.69) is 10.2 Å². The highest BCUT2D eigenvalue weighted by Crippen LogP contribution is 2.36. The molecule has 0 spiro atoms. The van der Waals surface area contributed by atoms with Crippen LogP contribution in [0.4, 0.5) is 4.79 Å². The van der Waals surface area contributed by atoms with Crippen molar-refractivity contribution in [2.75, 3.05) is 20.1 Å². The monoisotopic (exact) mass is 457 g/mol. The third-order valence-corrected chi connectivity index (χ3v) is 7.15. The maximum absolute atomic E-state index is 13.2. The van der Waals surface area contributed by atoms with Crippen LogP contribution in [-0.4, -0.2) is 80.3 Å². The number of rotatable bonds is 6. The lowest BCUT2D eigenvalue weighted by Crippen LogP contribution is -2.54. The van der Waals surface area contributed by atoms with E-state index in [0.717, 1.165) is 31.2 Å². The van der Waals surface area contributed by atoms with Gasteiger partial charge in [0.25, 0.3) is 0 Å². The molecule has 2 aliphatic heterocycles. The second-order valence-electron chi connectivity index (χ2n) is 9.82. The Bertz CT molecular complexity index is 1080. The van der Waals surface area contributed by atoms with Crippen molar-refractivity contribution in [1.82, 2.24) is 24.3 Å². The fourth-order valence-electron chi connectivity index (χ4n) is 5.54.